The Morgan fingerprint density at radius 3 is 2.46 bits per heavy atom. The number of aryl methyl sites for hydroxylation is 2. The van der Waals surface area contributed by atoms with E-state index in [1.807, 2.05) is 75.4 Å². The molecule has 0 saturated heterocycles. The Kier molecular flexibility index (Phi) is 8.56. The molecule has 1 amide bonds. The Bertz CT molecular complexity index is 1270. The molecule has 0 saturated carbocycles. The maximum atomic E-state index is 13.8. The number of hydrogen-bond donors (Lipinski definition) is 1. The second-order valence-electron chi connectivity index (χ2n) is 9.12. The summed E-state index contributed by atoms with van der Waals surface area (Å²) in [5.41, 5.74) is 8.29. The van der Waals surface area contributed by atoms with Crippen LogP contribution in [0, 0.1) is 31.1 Å². The predicted molar refractivity (Wildman–Crippen MR) is 137 cm³/mol. The minimum absolute atomic E-state index is 0.0192. The SMILES string of the molecule is Cc1cccc(C(=O)N(CCCN)C(c2nc(C)c(C#N)c(=O)n2Cc2ccccc2)C(C)C)c1. The third-order valence-electron chi connectivity index (χ3n) is 6.04. The van der Waals surface area contributed by atoms with E-state index in [2.05, 4.69) is 0 Å². The van der Waals surface area contributed by atoms with Crippen molar-refractivity contribution in [3.8, 4) is 6.07 Å². The molecule has 3 rings (SSSR count). The lowest BCUT2D eigenvalue weighted by atomic mass is 9.98. The van der Waals surface area contributed by atoms with Crippen molar-refractivity contribution in [2.75, 3.05) is 13.1 Å². The number of carbonyl (C=O) groups excluding carboxylic acids is 1. The van der Waals surface area contributed by atoms with Crippen LogP contribution in [-0.2, 0) is 6.54 Å². The fraction of sp³-hybridized carbons (Fsp3) is 0.357. The zero-order chi connectivity index (χ0) is 25.5. The minimum Gasteiger partial charge on any atom is -0.330 e. The van der Waals surface area contributed by atoms with E-state index in [4.69, 9.17) is 10.7 Å². The molecule has 0 aliphatic rings. The van der Waals surface area contributed by atoms with Gasteiger partial charge in [-0.1, -0.05) is 61.9 Å². The zero-order valence-electron chi connectivity index (χ0n) is 20.9. The van der Waals surface area contributed by atoms with Crippen molar-refractivity contribution in [2.45, 2.75) is 46.7 Å². The molecule has 1 atom stereocenters. The van der Waals surface area contributed by atoms with Crippen molar-refractivity contribution in [3.05, 3.63) is 98.7 Å². The smallest absolute Gasteiger partial charge is 0.272 e. The highest BCUT2D eigenvalue weighted by atomic mass is 16.2. The molecule has 1 unspecified atom stereocenters. The fourth-order valence-electron chi connectivity index (χ4n) is 4.33. The molecule has 0 bridgehead atoms. The molecule has 1 heterocycles. The van der Waals surface area contributed by atoms with Gasteiger partial charge in [0, 0.05) is 12.1 Å². The van der Waals surface area contributed by atoms with E-state index < -0.39 is 11.6 Å². The number of nitrogens with two attached hydrogens (primary N) is 1. The van der Waals surface area contributed by atoms with Crippen LogP contribution in [0.25, 0.3) is 0 Å². The Morgan fingerprint density at radius 1 is 1.14 bits per heavy atom. The molecule has 0 aliphatic carbocycles. The Balaban J connectivity index is 2.22. The average molecular weight is 472 g/mol. The Hall–Kier alpha value is -3.76. The van der Waals surface area contributed by atoms with Gasteiger partial charge in [0.1, 0.15) is 17.5 Å². The summed E-state index contributed by atoms with van der Waals surface area (Å²) in [5, 5.41) is 9.63. The van der Waals surface area contributed by atoms with E-state index in [0.29, 0.717) is 36.6 Å². The van der Waals surface area contributed by atoms with E-state index in [9.17, 15) is 14.9 Å². The van der Waals surface area contributed by atoms with Crippen molar-refractivity contribution < 1.29 is 4.79 Å². The van der Waals surface area contributed by atoms with Crippen molar-refractivity contribution in [1.82, 2.24) is 14.5 Å². The van der Waals surface area contributed by atoms with Crippen LogP contribution >= 0.6 is 0 Å². The van der Waals surface area contributed by atoms with E-state index in [0.717, 1.165) is 11.1 Å². The number of rotatable bonds is 9. The number of nitrogens with zero attached hydrogens (tertiary/aromatic N) is 4. The van der Waals surface area contributed by atoms with Gasteiger partial charge in [0.25, 0.3) is 11.5 Å². The molecule has 1 aromatic heterocycles. The second kappa shape index (κ2) is 11.6. The maximum absolute atomic E-state index is 13.8. The van der Waals surface area contributed by atoms with Gasteiger partial charge in [-0.25, -0.2) is 4.98 Å². The number of nitriles is 1. The van der Waals surface area contributed by atoms with Crippen LogP contribution in [0.4, 0.5) is 0 Å². The van der Waals surface area contributed by atoms with Crippen LogP contribution in [0.3, 0.4) is 0 Å². The summed E-state index contributed by atoms with van der Waals surface area (Å²) in [7, 11) is 0. The first kappa shape index (κ1) is 25.9. The highest BCUT2D eigenvalue weighted by Crippen LogP contribution is 2.30. The van der Waals surface area contributed by atoms with Crippen molar-refractivity contribution in [1.29, 1.82) is 5.26 Å². The number of amides is 1. The molecule has 0 spiro atoms. The summed E-state index contributed by atoms with van der Waals surface area (Å²) < 4.78 is 1.55. The Labute approximate surface area is 206 Å². The molecule has 2 N–H and O–H groups in total. The average Bonchev–Trinajstić information content (AvgIpc) is 2.84. The first-order valence-electron chi connectivity index (χ1n) is 11.9. The van der Waals surface area contributed by atoms with Gasteiger partial charge in [0.05, 0.1) is 18.3 Å². The topological polar surface area (TPSA) is 105 Å². The molecular weight excluding hydrogens is 438 g/mol. The molecule has 7 nitrogen and oxygen atoms in total. The molecule has 0 radical (unpaired) electrons. The zero-order valence-corrected chi connectivity index (χ0v) is 20.9. The quantitative estimate of drug-likeness (QED) is 0.508. The van der Waals surface area contributed by atoms with Crippen LogP contribution in [0.15, 0.2) is 59.4 Å². The summed E-state index contributed by atoms with van der Waals surface area (Å²) in [6.45, 7) is 8.74. The van der Waals surface area contributed by atoms with Gasteiger partial charge in [0.15, 0.2) is 0 Å². The highest BCUT2D eigenvalue weighted by molar-refractivity contribution is 5.94. The standard InChI is InChI=1S/C28H33N5O2/c1-19(2)25(32(15-9-14-29)27(34)23-13-8-10-20(3)16-23)26-31-21(4)24(17-30)28(35)33(26)18-22-11-6-5-7-12-22/h5-8,10-13,16,19,25H,9,14-15,18,29H2,1-4H3. The molecule has 2 aromatic carbocycles. The van der Waals surface area contributed by atoms with Crippen molar-refractivity contribution in [3.63, 3.8) is 0 Å². The molecule has 35 heavy (non-hydrogen) atoms. The van der Waals surface area contributed by atoms with Gasteiger partial charge in [-0.3, -0.25) is 14.2 Å². The molecule has 0 aliphatic heterocycles. The van der Waals surface area contributed by atoms with Gasteiger partial charge >= 0.3 is 0 Å². The molecule has 7 heteroatoms. The summed E-state index contributed by atoms with van der Waals surface area (Å²) in [4.78, 5) is 33.8. The summed E-state index contributed by atoms with van der Waals surface area (Å²) >= 11 is 0. The summed E-state index contributed by atoms with van der Waals surface area (Å²) in [6.07, 6.45) is 0.610. The maximum Gasteiger partial charge on any atom is 0.272 e. The Morgan fingerprint density at radius 2 is 1.86 bits per heavy atom. The third-order valence-corrected chi connectivity index (χ3v) is 6.04. The van der Waals surface area contributed by atoms with E-state index >= 15 is 0 Å². The monoisotopic (exact) mass is 471 g/mol. The van der Waals surface area contributed by atoms with Gasteiger partial charge in [-0.2, -0.15) is 5.26 Å². The van der Waals surface area contributed by atoms with Crippen molar-refractivity contribution in [2.24, 2.45) is 11.7 Å². The molecule has 182 valence electrons. The highest BCUT2D eigenvalue weighted by Gasteiger charge is 2.33. The van der Waals surface area contributed by atoms with Gasteiger partial charge in [0.2, 0.25) is 0 Å². The first-order chi connectivity index (χ1) is 16.8. The number of hydrogen-bond acceptors (Lipinski definition) is 5. The molecule has 3 aromatic rings. The second-order valence-corrected chi connectivity index (χ2v) is 9.12. The lowest BCUT2D eigenvalue weighted by Gasteiger charge is -2.35. The van der Waals surface area contributed by atoms with Crippen LogP contribution in [0.5, 0.6) is 0 Å². The van der Waals surface area contributed by atoms with Crippen LogP contribution in [0.1, 0.15) is 64.9 Å². The third kappa shape index (κ3) is 5.84. The van der Waals surface area contributed by atoms with Gasteiger partial charge < -0.3 is 10.6 Å². The predicted octanol–water partition coefficient (Wildman–Crippen LogP) is 3.97. The van der Waals surface area contributed by atoms with Crippen molar-refractivity contribution >= 4 is 5.91 Å². The fourth-order valence-corrected chi connectivity index (χ4v) is 4.33. The van der Waals surface area contributed by atoms with Crippen LogP contribution in [-0.4, -0.2) is 33.4 Å². The lowest BCUT2D eigenvalue weighted by molar-refractivity contribution is 0.0601. The molecular formula is C28H33N5O2. The van der Waals surface area contributed by atoms with Gasteiger partial charge in [-0.05, 0) is 50.4 Å². The number of aromatic nitrogens is 2. The van der Waals surface area contributed by atoms with Crippen LogP contribution < -0.4 is 11.3 Å². The summed E-state index contributed by atoms with van der Waals surface area (Å²) in [6, 6.07) is 18.6. The van der Waals surface area contributed by atoms with Crippen LogP contribution in [0.2, 0.25) is 0 Å². The lowest BCUT2D eigenvalue weighted by Crippen LogP contribution is -2.43. The largest absolute Gasteiger partial charge is 0.330 e. The summed E-state index contributed by atoms with van der Waals surface area (Å²) in [5.74, 6) is 0.287. The van der Waals surface area contributed by atoms with E-state index in [1.54, 1.807) is 22.5 Å². The molecule has 0 fully saturated rings. The number of benzene rings is 2. The van der Waals surface area contributed by atoms with E-state index in [-0.39, 0.29) is 23.9 Å². The van der Waals surface area contributed by atoms with Gasteiger partial charge in [-0.15, -0.1) is 0 Å². The normalized spacial score (nSPS) is 11.8. The number of carbonyl (C=O) groups is 1. The first-order valence-corrected chi connectivity index (χ1v) is 11.9. The minimum atomic E-state index is -0.489. The van der Waals surface area contributed by atoms with E-state index in [1.165, 1.54) is 0 Å².